The first-order valence-corrected chi connectivity index (χ1v) is 28.5. The molecule has 4 saturated heterocycles. The summed E-state index contributed by atoms with van der Waals surface area (Å²) >= 11 is 0. The van der Waals surface area contributed by atoms with Gasteiger partial charge in [0.25, 0.3) is 0 Å². The Balaban J connectivity index is 0.978. The van der Waals surface area contributed by atoms with Gasteiger partial charge in [0.2, 0.25) is 0 Å². The van der Waals surface area contributed by atoms with E-state index in [1.54, 1.807) is 0 Å². The van der Waals surface area contributed by atoms with Crippen LogP contribution < -0.4 is 0 Å². The van der Waals surface area contributed by atoms with Crippen molar-refractivity contribution in [2.45, 2.75) is 266 Å². The quantitative estimate of drug-likeness (QED) is 0.0581. The number of ether oxygens (including phenoxy) is 8. The molecular formula is C54H94O25. The highest BCUT2D eigenvalue weighted by Crippen LogP contribution is 2.75. The van der Waals surface area contributed by atoms with Crippen LogP contribution in [0.2, 0.25) is 0 Å². The molecule has 8 fully saturated rings. The number of aliphatic hydroxyl groups excluding tert-OH is 16. The zero-order valence-electron chi connectivity index (χ0n) is 46.4. The van der Waals surface area contributed by atoms with E-state index in [-0.39, 0.29) is 47.3 Å². The third kappa shape index (κ3) is 11.7. The number of aliphatic hydroxyl groups is 17. The maximum atomic E-state index is 12.6. The summed E-state index contributed by atoms with van der Waals surface area (Å²) < 4.78 is 48.1. The Morgan fingerprint density at radius 1 is 0.532 bits per heavy atom. The molecule has 8 aliphatic rings. The predicted molar refractivity (Wildman–Crippen MR) is 269 cm³/mol. The third-order valence-corrected chi connectivity index (χ3v) is 21.1. The highest BCUT2D eigenvalue weighted by molar-refractivity contribution is 5.19. The molecule has 8 rings (SSSR count). The molecule has 0 spiro atoms. The maximum Gasteiger partial charge on any atom is 0.187 e. The van der Waals surface area contributed by atoms with Gasteiger partial charge in [0.1, 0.15) is 97.7 Å². The van der Waals surface area contributed by atoms with E-state index in [1.165, 1.54) is 13.8 Å². The molecule has 460 valence electrons. The largest absolute Gasteiger partial charge is 0.394 e. The number of hydrogen-bond acceptors (Lipinski definition) is 25. The summed E-state index contributed by atoms with van der Waals surface area (Å²) in [6.45, 7) is 11.4. The first-order valence-electron chi connectivity index (χ1n) is 28.5. The van der Waals surface area contributed by atoms with Crippen molar-refractivity contribution >= 4 is 0 Å². The molecule has 0 bridgehead atoms. The van der Waals surface area contributed by atoms with Gasteiger partial charge in [-0.1, -0.05) is 34.6 Å². The van der Waals surface area contributed by atoms with Crippen LogP contribution in [0.1, 0.15) is 113 Å². The molecule has 31 atom stereocenters. The average Bonchev–Trinajstić information content (AvgIpc) is 3.64. The van der Waals surface area contributed by atoms with Crippen LogP contribution in [0, 0.1) is 45.3 Å². The van der Waals surface area contributed by atoms with Crippen LogP contribution in [-0.4, -0.2) is 266 Å². The van der Waals surface area contributed by atoms with Crippen LogP contribution in [0.4, 0.5) is 0 Å². The van der Waals surface area contributed by atoms with E-state index in [0.717, 1.165) is 19.3 Å². The van der Waals surface area contributed by atoms with Gasteiger partial charge in [0.05, 0.1) is 56.4 Å². The Bertz CT molecular complexity index is 1980. The first kappa shape index (κ1) is 64.0. The molecule has 0 aromatic heterocycles. The molecule has 4 heterocycles. The minimum Gasteiger partial charge on any atom is -0.394 e. The zero-order chi connectivity index (χ0) is 58.2. The lowest BCUT2D eigenvalue weighted by atomic mass is 9.35. The van der Waals surface area contributed by atoms with E-state index in [2.05, 4.69) is 34.6 Å². The lowest BCUT2D eigenvalue weighted by Gasteiger charge is -2.70. The molecule has 0 aromatic carbocycles. The number of hydrogen-bond donors (Lipinski definition) is 17. The highest BCUT2D eigenvalue weighted by atomic mass is 16.8. The van der Waals surface area contributed by atoms with Crippen LogP contribution in [0.15, 0.2) is 0 Å². The number of rotatable bonds is 18. The first-order chi connectivity index (χ1) is 36.9. The summed E-state index contributed by atoms with van der Waals surface area (Å²) in [6.07, 6.45) is -30.2. The second kappa shape index (κ2) is 24.4. The fourth-order valence-corrected chi connectivity index (χ4v) is 16.2. The Kier molecular flexibility index (Phi) is 19.8. The van der Waals surface area contributed by atoms with E-state index >= 15 is 0 Å². The molecule has 4 aliphatic heterocycles. The highest BCUT2D eigenvalue weighted by Gasteiger charge is 2.71. The molecule has 0 amide bonds. The van der Waals surface area contributed by atoms with Crippen molar-refractivity contribution in [1.82, 2.24) is 0 Å². The Morgan fingerprint density at radius 3 is 1.62 bits per heavy atom. The molecule has 25 nitrogen and oxygen atoms in total. The molecule has 25 heteroatoms. The molecule has 4 aliphatic carbocycles. The number of fused-ring (bicyclic) bond motifs is 5. The summed E-state index contributed by atoms with van der Waals surface area (Å²) in [5, 5.41) is 183. The average molecular weight is 1140 g/mol. The molecule has 0 radical (unpaired) electrons. The lowest BCUT2D eigenvalue weighted by Crippen LogP contribution is -2.67. The van der Waals surface area contributed by atoms with E-state index in [9.17, 15) is 86.8 Å². The molecular weight excluding hydrogens is 1050 g/mol. The summed E-state index contributed by atoms with van der Waals surface area (Å²) in [4.78, 5) is 0. The minimum atomic E-state index is -1.83. The Morgan fingerprint density at radius 2 is 1.04 bits per heavy atom. The van der Waals surface area contributed by atoms with Crippen molar-refractivity contribution in [3.8, 4) is 0 Å². The summed E-state index contributed by atoms with van der Waals surface area (Å²) in [5.74, 6) is -0.296. The fraction of sp³-hybridized carbons (Fsp3) is 1.00. The topological polar surface area (TPSA) is 418 Å². The smallest absolute Gasteiger partial charge is 0.187 e. The van der Waals surface area contributed by atoms with Crippen LogP contribution >= 0.6 is 0 Å². The molecule has 5 unspecified atom stereocenters. The Labute approximate surface area is 460 Å². The molecule has 17 N–H and O–H groups in total. The zero-order valence-corrected chi connectivity index (χ0v) is 46.4. The third-order valence-electron chi connectivity index (χ3n) is 21.1. The van der Waals surface area contributed by atoms with Crippen LogP contribution in [0.3, 0.4) is 0 Å². The molecule has 4 saturated carbocycles. The second-order valence-corrected chi connectivity index (χ2v) is 26.4. The van der Waals surface area contributed by atoms with E-state index in [4.69, 9.17) is 37.9 Å². The van der Waals surface area contributed by atoms with Gasteiger partial charge in [0, 0.05) is 0 Å². The standard InChI is InChI=1S/C54H94O25/c1-50(2)29-11-15-53(6)30(52(29,5)13-12-32(50)78-49-45(41(67)36(62)27(20-57)76-49)79-48-44(70)39(65)35(61)26(19-56)75-48)17-24(58)33-22(10-14-54(33,53)7)16-23(8-9-31(59)51(3,4)71)73-47-43(69)40(66)37(63)28(77-47)21-72-46-42(68)38(64)34(60)25(18-55)74-46/h22-49,55-71H,8-21H2,1-7H3/t22-,23-,24-,25-,26-,27-,28-,29?,30?,31?,32?,33?,34-,35-,36-,37-,38+,39+,40+,41+,42-,43+,44-,45-,46-,47-,48+,49+,52+,53-,54-/m1/s1. The van der Waals surface area contributed by atoms with Gasteiger partial charge in [-0.05, 0) is 123 Å². The normalized spacial score (nSPS) is 51.9. The summed E-state index contributed by atoms with van der Waals surface area (Å²) in [7, 11) is 0. The summed E-state index contributed by atoms with van der Waals surface area (Å²) in [5.41, 5.74) is -3.06. The predicted octanol–water partition coefficient (Wildman–Crippen LogP) is -4.04. The van der Waals surface area contributed by atoms with E-state index in [1.807, 2.05) is 0 Å². The monoisotopic (exact) mass is 1140 g/mol. The minimum absolute atomic E-state index is 0.0288. The van der Waals surface area contributed by atoms with Gasteiger partial charge in [-0.3, -0.25) is 0 Å². The van der Waals surface area contributed by atoms with Crippen molar-refractivity contribution in [2.75, 3.05) is 26.4 Å². The van der Waals surface area contributed by atoms with Gasteiger partial charge >= 0.3 is 0 Å². The van der Waals surface area contributed by atoms with Crippen molar-refractivity contribution in [2.24, 2.45) is 45.3 Å². The summed E-state index contributed by atoms with van der Waals surface area (Å²) in [6, 6.07) is 0. The molecule has 79 heavy (non-hydrogen) atoms. The van der Waals surface area contributed by atoms with E-state index in [0.29, 0.717) is 32.1 Å². The van der Waals surface area contributed by atoms with Gasteiger partial charge < -0.3 is 125 Å². The van der Waals surface area contributed by atoms with Crippen LogP contribution in [-0.2, 0) is 37.9 Å². The van der Waals surface area contributed by atoms with Crippen LogP contribution in [0.5, 0.6) is 0 Å². The maximum absolute atomic E-state index is 12.6. The van der Waals surface area contributed by atoms with Crippen molar-refractivity contribution < 1.29 is 125 Å². The molecule has 0 aromatic rings. The van der Waals surface area contributed by atoms with Crippen molar-refractivity contribution in [1.29, 1.82) is 0 Å². The Hall–Kier alpha value is -1.00. The second-order valence-electron chi connectivity index (χ2n) is 26.4. The fourth-order valence-electron chi connectivity index (χ4n) is 16.2. The van der Waals surface area contributed by atoms with Crippen molar-refractivity contribution in [3.05, 3.63) is 0 Å². The van der Waals surface area contributed by atoms with Gasteiger partial charge in [0.15, 0.2) is 25.2 Å². The van der Waals surface area contributed by atoms with Gasteiger partial charge in [-0.2, -0.15) is 0 Å². The SMILES string of the molecule is CC(C)(O)C(O)CC[C@H](C[C@H]1CC[C@]2(C)C1[C@H](O)CC1[C@@]3(C)CCC(O[C@@H]4O[C@H](CO)[C@@H](O)[C@H](O)[C@H]4O[C@@H]4O[C@H](CO)[C@@H](O)[C@H](O)[C@H]4O)C(C)(C)C3CC[C@]12C)O[C@@H]1O[C@H](CO[C@@H]2O[C@H](CO)[C@@H](O)[C@H](O)[C@H]2O)[C@@H](O)[C@H](O)[C@@H]1O. The van der Waals surface area contributed by atoms with Crippen molar-refractivity contribution in [3.63, 3.8) is 0 Å². The van der Waals surface area contributed by atoms with Gasteiger partial charge in [-0.25, -0.2) is 0 Å². The van der Waals surface area contributed by atoms with Crippen LogP contribution in [0.25, 0.3) is 0 Å². The van der Waals surface area contributed by atoms with E-state index < -0.39 is 190 Å². The lowest BCUT2D eigenvalue weighted by molar-refractivity contribution is -0.378. The van der Waals surface area contributed by atoms with Gasteiger partial charge in [-0.15, -0.1) is 0 Å².